The number of ether oxygens (including phenoxy) is 1. The maximum absolute atomic E-state index is 5.21. The summed E-state index contributed by atoms with van der Waals surface area (Å²) in [6.45, 7) is 5.19. The predicted molar refractivity (Wildman–Crippen MR) is 120 cm³/mol. The highest BCUT2D eigenvalue weighted by molar-refractivity contribution is 5.85. The standard InChI is InChI=1S/C25H26N4O/c1-17-27-23-13-21(19-8-9-24(30-2)26-14-19)12-22(25(23)28-17)20-10-11-29(16-20)15-18-6-4-3-5-7-18/h3-9,12-14,20H,10-11,15-16H2,1-2H3,(H,27,28). The number of hydrogen-bond donors (Lipinski definition) is 1. The SMILES string of the molecule is COc1ccc(-c2cc(C3CCN(Cc4ccccc4)C3)c3nc(C)[nH]c3c2)cn1. The van der Waals surface area contributed by atoms with Crippen LogP contribution in [0, 0.1) is 6.92 Å². The van der Waals surface area contributed by atoms with E-state index in [2.05, 4.69) is 63.4 Å². The van der Waals surface area contributed by atoms with Crippen molar-refractivity contribution < 1.29 is 4.74 Å². The van der Waals surface area contributed by atoms with Gasteiger partial charge in [0.05, 0.1) is 18.1 Å². The Hall–Kier alpha value is -3.18. The highest BCUT2D eigenvalue weighted by Gasteiger charge is 2.26. The van der Waals surface area contributed by atoms with Gasteiger partial charge in [-0.25, -0.2) is 9.97 Å². The van der Waals surface area contributed by atoms with Crippen molar-refractivity contribution in [2.75, 3.05) is 20.2 Å². The Morgan fingerprint density at radius 3 is 2.73 bits per heavy atom. The van der Waals surface area contributed by atoms with Crippen molar-refractivity contribution in [3.05, 3.63) is 77.7 Å². The number of nitrogens with zero attached hydrogens (tertiary/aromatic N) is 3. The van der Waals surface area contributed by atoms with Gasteiger partial charge in [0.25, 0.3) is 0 Å². The summed E-state index contributed by atoms with van der Waals surface area (Å²) in [7, 11) is 1.64. The smallest absolute Gasteiger partial charge is 0.212 e. The molecular weight excluding hydrogens is 372 g/mol. The van der Waals surface area contributed by atoms with E-state index in [-0.39, 0.29) is 0 Å². The number of likely N-dealkylation sites (tertiary alicyclic amines) is 1. The molecule has 1 aliphatic heterocycles. The molecule has 0 amide bonds. The van der Waals surface area contributed by atoms with E-state index in [1.54, 1.807) is 7.11 Å². The molecule has 5 heteroatoms. The van der Waals surface area contributed by atoms with E-state index in [0.29, 0.717) is 11.8 Å². The fraction of sp³-hybridized carbons (Fsp3) is 0.280. The van der Waals surface area contributed by atoms with E-state index in [9.17, 15) is 0 Å². The van der Waals surface area contributed by atoms with Crippen LogP contribution in [0.25, 0.3) is 22.2 Å². The van der Waals surface area contributed by atoms with Crippen molar-refractivity contribution in [3.63, 3.8) is 0 Å². The van der Waals surface area contributed by atoms with Crippen molar-refractivity contribution in [2.24, 2.45) is 0 Å². The number of benzene rings is 2. The molecule has 1 atom stereocenters. The summed E-state index contributed by atoms with van der Waals surface area (Å²) < 4.78 is 5.21. The third kappa shape index (κ3) is 3.68. The van der Waals surface area contributed by atoms with Gasteiger partial charge in [0, 0.05) is 36.8 Å². The van der Waals surface area contributed by atoms with Gasteiger partial charge in [0.1, 0.15) is 5.82 Å². The van der Waals surface area contributed by atoms with E-state index in [0.717, 1.165) is 54.0 Å². The summed E-state index contributed by atoms with van der Waals surface area (Å²) in [4.78, 5) is 15.2. The molecule has 0 saturated carbocycles. The van der Waals surface area contributed by atoms with Gasteiger partial charge in [-0.2, -0.15) is 0 Å². The van der Waals surface area contributed by atoms with Crippen molar-refractivity contribution in [1.82, 2.24) is 19.9 Å². The van der Waals surface area contributed by atoms with Crippen LogP contribution in [-0.4, -0.2) is 40.1 Å². The van der Waals surface area contributed by atoms with Gasteiger partial charge in [-0.15, -0.1) is 0 Å². The first-order valence-corrected chi connectivity index (χ1v) is 10.5. The number of rotatable bonds is 5. The Kier molecular flexibility index (Phi) is 4.97. The molecule has 1 saturated heterocycles. The van der Waals surface area contributed by atoms with Crippen LogP contribution < -0.4 is 4.74 Å². The van der Waals surface area contributed by atoms with Gasteiger partial charge in [-0.05, 0) is 54.8 Å². The zero-order valence-electron chi connectivity index (χ0n) is 17.4. The summed E-state index contributed by atoms with van der Waals surface area (Å²) >= 11 is 0. The number of methoxy groups -OCH3 is 1. The number of hydrogen-bond acceptors (Lipinski definition) is 4. The second kappa shape index (κ2) is 7.92. The number of imidazole rings is 1. The molecule has 1 fully saturated rings. The molecule has 0 aliphatic carbocycles. The third-order valence-electron chi connectivity index (χ3n) is 5.97. The molecule has 1 N–H and O–H groups in total. The molecule has 0 radical (unpaired) electrons. The van der Waals surface area contributed by atoms with Crippen LogP contribution in [0.15, 0.2) is 60.8 Å². The molecule has 2 aromatic carbocycles. The van der Waals surface area contributed by atoms with Crippen molar-refractivity contribution in [3.8, 4) is 17.0 Å². The number of aromatic nitrogens is 3. The van der Waals surface area contributed by atoms with E-state index in [1.165, 1.54) is 11.1 Å². The maximum Gasteiger partial charge on any atom is 0.212 e. The van der Waals surface area contributed by atoms with Crippen molar-refractivity contribution in [1.29, 1.82) is 0 Å². The second-order valence-electron chi connectivity index (χ2n) is 8.08. The topological polar surface area (TPSA) is 54.0 Å². The lowest BCUT2D eigenvalue weighted by Crippen LogP contribution is -2.19. The number of H-pyrrole nitrogens is 1. The molecule has 30 heavy (non-hydrogen) atoms. The second-order valence-corrected chi connectivity index (χ2v) is 8.08. The van der Waals surface area contributed by atoms with Crippen molar-refractivity contribution in [2.45, 2.75) is 25.8 Å². The fourth-order valence-corrected chi connectivity index (χ4v) is 4.49. The summed E-state index contributed by atoms with van der Waals surface area (Å²) in [6, 6.07) is 19.2. The van der Waals surface area contributed by atoms with Gasteiger partial charge < -0.3 is 9.72 Å². The molecule has 152 valence electrons. The Morgan fingerprint density at radius 1 is 1.10 bits per heavy atom. The lowest BCUT2D eigenvalue weighted by Gasteiger charge is -2.17. The quantitative estimate of drug-likeness (QED) is 0.518. The number of aryl methyl sites for hydroxylation is 1. The number of nitrogens with one attached hydrogen (secondary N) is 1. The van der Waals surface area contributed by atoms with Crippen LogP contribution in [0.5, 0.6) is 5.88 Å². The molecule has 0 spiro atoms. The van der Waals surface area contributed by atoms with Crippen LogP contribution in [0.4, 0.5) is 0 Å². The normalized spacial score (nSPS) is 16.9. The average Bonchev–Trinajstić information content (AvgIpc) is 3.39. The van der Waals surface area contributed by atoms with Crippen LogP contribution in [0.1, 0.15) is 29.3 Å². The molecule has 4 aromatic rings. The summed E-state index contributed by atoms with van der Waals surface area (Å²) in [5.74, 6) is 2.06. The van der Waals surface area contributed by atoms with Crippen LogP contribution in [0.3, 0.4) is 0 Å². The van der Waals surface area contributed by atoms with Crippen LogP contribution in [0.2, 0.25) is 0 Å². The Morgan fingerprint density at radius 2 is 1.97 bits per heavy atom. The number of fused-ring (bicyclic) bond motifs is 1. The molecule has 3 heterocycles. The first-order chi connectivity index (χ1) is 14.7. The van der Waals surface area contributed by atoms with E-state index < -0.39 is 0 Å². The molecule has 0 bridgehead atoms. The third-order valence-corrected chi connectivity index (χ3v) is 5.97. The van der Waals surface area contributed by atoms with Crippen molar-refractivity contribution >= 4 is 11.0 Å². The Bertz CT molecular complexity index is 1150. The average molecular weight is 399 g/mol. The van der Waals surface area contributed by atoms with E-state index >= 15 is 0 Å². The van der Waals surface area contributed by atoms with Gasteiger partial charge in [0.2, 0.25) is 5.88 Å². The zero-order chi connectivity index (χ0) is 20.5. The van der Waals surface area contributed by atoms with E-state index in [1.807, 2.05) is 19.2 Å². The monoisotopic (exact) mass is 398 g/mol. The summed E-state index contributed by atoms with van der Waals surface area (Å²) in [6.07, 6.45) is 3.03. The first kappa shape index (κ1) is 18.8. The molecule has 1 unspecified atom stereocenters. The largest absolute Gasteiger partial charge is 0.481 e. The molecular formula is C25H26N4O. The van der Waals surface area contributed by atoms with Gasteiger partial charge in [0.15, 0.2) is 0 Å². The Labute approximate surface area is 176 Å². The van der Waals surface area contributed by atoms with E-state index in [4.69, 9.17) is 9.72 Å². The number of pyridine rings is 1. The lowest BCUT2D eigenvalue weighted by molar-refractivity contribution is 0.327. The minimum Gasteiger partial charge on any atom is -0.481 e. The Balaban J connectivity index is 1.47. The summed E-state index contributed by atoms with van der Waals surface area (Å²) in [5.41, 5.74) is 7.15. The first-order valence-electron chi connectivity index (χ1n) is 10.5. The number of aromatic amines is 1. The molecule has 5 rings (SSSR count). The zero-order valence-corrected chi connectivity index (χ0v) is 17.4. The maximum atomic E-state index is 5.21. The van der Waals surface area contributed by atoms with Gasteiger partial charge >= 0.3 is 0 Å². The highest BCUT2D eigenvalue weighted by atomic mass is 16.5. The fourth-order valence-electron chi connectivity index (χ4n) is 4.49. The minimum absolute atomic E-state index is 0.477. The van der Waals surface area contributed by atoms with Gasteiger partial charge in [-0.1, -0.05) is 30.3 Å². The van der Waals surface area contributed by atoms with Crippen LogP contribution >= 0.6 is 0 Å². The van der Waals surface area contributed by atoms with Crippen LogP contribution in [-0.2, 0) is 6.54 Å². The predicted octanol–water partition coefficient (Wildman–Crippen LogP) is 4.93. The lowest BCUT2D eigenvalue weighted by atomic mass is 9.93. The molecule has 1 aliphatic rings. The molecule has 5 nitrogen and oxygen atoms in total. The van der Waals surface area contributed by atoms with Gasteiger partial charge in [-0.3, -0.25) is 4.90 Å². The highest BCUT2D eigenvalue weighted by Crippen LogP contribution is 2.36. The summed E-state index contributed by atoms with van der Waals surface area (Å²) in [5, 5.41) is 0. The minimum atomic E-state index is 0.477. The molecule has 2 aromatic heterocycles.